The second-order valence-electron chi connectivity index (χ2n) is 14.6. The summed E-state index contributed by atoms with van der Waals surface area (Å²) in [6, 6.07) is 20.2. The van der Waals surface area contributed by atoms with Gasteiger partial charge in [-0.3, -0.25) is 24.1 Å². The van der Waals surface area contributed by atoms with Crippen LogP contribution in [0.4, 0.5) is 5.69 Å². The van der Waals surface area contributed by atoms with E-state index in [1.54, 1.807) is 12.1 Å². The van der Waals surface area contributed by atoms with Gasteiger partial charge in [-0.15, -0.1) is 0 Å². The van der Waals surface area contributed by atoms with Gasteiger partial charge in [0.25, 0.3) is 23.6 Å². The SMILES string of the molecule is CC(C)CC(CO)N1C(=O)c2ccc3c4ccc5c6c(ccc(c7ccc(c2c37)C1=O)c64)C(=O)N(c1c(C(C)C)cccc1C(C)C)C5=O. The molecule has 0 aromatic heterocycles. The van der Waals surface area contributed by atoms with Crippen molar-refractivity contribution in [2.75, 3.05) is 11.5 Å². The van der Waals surface area contributed by atoms with Crippen molar-refractivity contribution in [3.05, 3.63) is 100 Å². The fraction of sp³-hybridized carbons (Fsp3) is 0.286. The number of amides is 4. The molecule has 4 amide bonds. The lowest BCUT2D eigenvalue weighted by molar-refractivity contribution is 0.0444. The quantitative estimate of drug-likeness (QED) is 0.106. The predicted octanol–water partition coefficient (Wildman–Crippen LogP) is 8.79. The minimum absolute atomic E-state index is 0.0975. The highest BCUT2D eigenvalue weighted by molar-refractivity contribution is 6.44. The second kappa shape index (κ2) is 10.9. The number of carbonyl (C=O) groups excluding carboxylic acids is 4. The molecule has 0 saturated heterocycles. The van der Waals surface area contributed by atoms with Gasteiger partial charge in [0.15, 0.2) is 0 Å². The molecular formula is C42H38N2O5. The van der Waals surface area contributed by atoms with Crippen LogP contribution in [0.3, 0.4) is 0 Å². The molecule has 6 aromatic carbocycles. The zero-order valence-corrected chi connectivity index (χ0v) is 28.5. The Balaban J connectivity index is 1.37. The predicted molar refractivity (Wildman–Crippen MR) is 194 cm³/mol. The van der Waals surface area contributed by atoms with Crippen molar-refractivity contribution in [2.45, 2.75) is 65.8 Å². The van der Waals surface area contributed by atoms with Gasteiger partial charge in [-0.1, -0.05) is 84.0 Å². The Kier molecular flexibility index (Phi) is 6.95. The topological polar surface area (TPSA) is 95.0 Å². The number of imide groups is 2. The van der Waals surface area contributed by atoms with Gasteiger partial charge in [0.1, 0.15) is 0 Å². The molecular weight excluding hydrogens is 612 g/mol. The maximum absolute atomic E-state index is 14.5. The lowest BCUT2D eigenvalue weighted by atomic mass is 9.81. The normalized spacial score (nSPS) is 15.6. The number of hydrogen-bond donors (Lipinski definition) is 1. The van der Waals surface area contributed by atoms with Crippen molar-refractivity contribution in [1.82, 2.24) is 4.90 Å². The van der Waals surface area contributed by atoms with Crippen molar-refractivity contribution in [3.8, 4) is 0 Å². The molecule has 49 heavy (non-hydrogen) atoms. The van der Waals surface area contributed by atoms with Crippen LogP contribution in [0.1, 0.15) is 112 Å². The minimum Gasteiger partial charge on any atom is -0.394 e. The van der Waals surface area contributed by atoms with Gasteiger partial charge < -0.3 is 5.11 Å². The molecule has 0 saturated carbocycles. The standard InChI is InChI=1S/C42H38N2O5/c1-20(2)18-23(19-45)43-39(46)30-14-10-26-28-12-16-32-37-33(17-13-29(35(28)37)27-11-15-31(40(43)47)36(30)34(26)27)42(49)44(41(32)48)38-24(21(3)4)8-7-9-25(38)22(5)6/h7-17,20-23,45H,18-19H2,1-6H3. The molecule has 0 bridgehead atoms. The lowest BCUT2D eigenvalue weighted by Crippen LogP contribution is -2.49. The van der Waals surface area contributed by atoms with Crippen LogP contribution in [-0.2, 0) is 0 Å². The van der Waals surface area contributed by atoms with E-state index in [0.717, 1.165) is 43.4 Å². The number of rotatable bonds is 7. The minimum atomic E-state index is -0.619. The number of anilines is 1. The monoisotopic (exact) mass is 650 g/mol. The van der Waals surface area contributed by atoms with Gasteiger partial charge >= 0.3 is 0 Å². The molecule has 1 N–H and O–H groups in total. The Hall–Kier alpha value is -5.14. The van der Waals surface area contributed by atoms with E-state index in [4.69, 9.17) is 0 Å². The highest BCUT2D eigenvalue weighted by atomic mass is 16.3. The Morgan fingerprint density at radius 2 is 0.918 bits per heavy atom. The van der Waals surface area contributed by atoms with E-state index in [0.29, 0.717) is 45.1 Å². The van der Waals surface area contributed by atoms with E-state index < -0.39 is 17.9 Å². The van der Waals surface area contributed by atoms with Crippen LogP contribution in [0, 0.1) is 5.92 Å². The number of aliphatic hydroxyl groups excluding tert-OH is 1. The van der Waals surface area contributed by atoms with Crippen LogP contribution < -0.4 is 4.90 Å². The van der Waals surface area contributed by atoms with Gasteiger partial charge in [0, 0.05) is 33.0 Å². The molecule has 0 aliphatic carbocycles. The van der Waals surface area contributed by atoms with Crippen LogP contribution in [-0.4, -0.2) is 46.3 Å². The van der Waals surface area contributed by atoms with E-state index in [-0.39, 0.29) is 36.2 Å². The zero-order chi connectivity index (χ0) is 34.6. The van der Waals surface area contributed by atoms with Gasteiger partial charge in [0.2, 0.25) is 0 Å². The van der Waals surface area contributed by atoms with Crippen molar-refractivity contribution in [1.29, 1.82) is 0 Å². The molecule has 2 aliphatic rings. The van der Waals surface area contributed by atoms with Crippen LogP contribution in [0.25, 0.3) is 43.1 Å². The van der Waals surface area contributed by atoms with E-state index in [1.165, 1.54) is 9.80 Å². The average molecular weight is 651 g/mol. The van der Waals surface area contributed by atoms with Crippen molar-refractivity contribution < 1.29 is 24.3 Å². The first-order chi connectivity index (χ1) is 23.5. The number of benzene rings is 6. The smallest absolute Gasteiger partial charge is 0.266 e. The van der Waals surface area contributed by atoms with Crippen molar-refractivity contribution in [2.24, 2.45) is 5.92 Å². The van der Waals surface area contributed by atoms with E-state index in [2.05, 4.69) is 27.7 Å². The third kappa shape index (κ3) is 4.18. The molecule has 2 aliphatic heterocycles. The number of fused-ring (bicyclic) bond motifs is 2. The number of aliphatic hydroxyl groups is 1. The fourth-order valence-corrected chi connectivity index (χ4v) is 8.40. The van der Waals surface area contributed by atoms with E-state index in [1.807, 2.05) is 68.4 Å². The summed E-state index contributed by atoms with van der Waals surface area (Å²) in [5.41, 5.74) is 4.37. The fourth-order valence-electron chi connectivity index (χ4n) is 8.40. The van der Waals surface area contributed by atoms with Crippen LogP contribution in [0.5, 0.6) is 0 Å². The number of hydrogen-bond acceptors (Lipinski definition) is 5. The van der Waals surface area contributed by atoms with E-state index in [9.17, 15) is 24.3 Å². The second-order valence-corrected chi connectivity index (χ2v) is 14.6. The number of carbonyl (C=O) groups is 4. The molecule has 0 radical (unpaired) electrons. The molecule has 7 heteroatoms. The van der Waals surface area contributed by atoms with Gasteiger partial charge in [-0.2, -0.15) is 0 Å². The van der Waals surface area contributed by atoms with Gasteiger partial charge in [-0.05, 0) is 91.9 Å². The summed E-state index contributed by atoms with van der Waals surface area (Å²) in [4.78, 5) is 59.6. The van der Waals surface area contributed by atoms with Crippen molar-refractivity contribution >= 4 is 72.4 Å². The maximum Gasteiger partial charge on any atom is 0.266 e. The molecule has 1 atom stereocenters. The Labute approximate surface area is 284 Å². The van der Waals surface area contributed by atoms with Crippen LogP contribution in [0.2, 0.25) is 0 Å². The lowest BCUT2D eigenvalue weighted by Gasteiger charge is -2.34. The Morgan fingerprint density at radius 3 is 1.27 bits per heavy atom. The average Bonchev–Trinajstić information content (AvgIpc) is 3.08. The molecule has 7 nitrogen and oxygen atoms in total. The summed E-state index contributed by atoms with van der Waals surface area (Å²) in [6.45, 7) is 12.0. The summed E-state index contributed by atoms with van der Waals surface area (Å²) < 4.78 is 0. The van der Waals surface area contributed by atoms with E-state index >= 15 is 0 Å². The molecule has 1 unspecified atom stereocenters. The highest BCUT2D eigenvalue weighted by Crippen LogP contribution is 2.48. The first kappa shape index (κ1) is 31.1. The van der Waals surface area contributed by atoms with Crippen LogP contribution >= 0.6 is 0 Å². The Morgan fingerprint density at radius 1 is 0.531 bits per heavy atom. The third-order valence-electron chi connectivity index (χ3n) is 10.6. The van der Waals surface area contributed by atoms with Crippen molar-refractivity contribution in [3.63, 3.8) is 0 Å². The summed E-state index contributed by atoms with van der Waals surface area (Å²) >= 11 is 0. The molecule has 246 valence electrons. The number of nitrogens with zero attached hydrogens (tertiary/aromatic N) is 2. The summed E-state index contributed by atoms with van der Waals surface area (Å²) in [6.07, 6.45) is 0.499. The molecule has 6 aromatic rings. The zero-order valence-electron chi connectivity index (χ0n) is 28.5. The first-order valence-electron chi connectivity index (χ1n) is 17.2. The maximum atomic E-state index is 14.5. The van der Waals surface area contributed by atoms with Gasteiger partial charge in [-0.25, -0.2) is 4.90 Å². The molecule has 0 spiro atoms. The van der Waals surface area contributed by atoms with Crippen LogP contribution in [0.15, 0.2) is 66.7 Å². The first-order valence-corrected chi connectivity index (χ1v) is 17.2. The Bertz CT molecular complexity index is 2290. The summed E-state index contributed by atoms with van der Waals surface area (Å²) in [5, 5.41) is 16.4. The summed E-state index contributed by atoms with van der Waals surface area (Å²) in [7, 11) is 0. The molecule has 0 fully saturated rings. The summed E-state index contributed by atoms with van der Waals surface area (Å²) in [5.74, 6) is -1.13. The highest BCUT2D eigenvalue weighted by Gasteiger charge is 2.40. The van der Waals surface area contributed by atoms with Gasteiger partial charge in [0.05, 0.1) is 18.3 Å². The largest absolute Gasteiger partial charge is 0.394 e. The number of para-hydroxylation sites is 1. The molecule has 2 heterocycles. The third-order valence-corrected chi connectivity index (χ3v) is 10.6. The molecule has 8 rings (SSSR count).